The molecule has 1 heterocycles. The average molecular weight is 493 g/mol. The fourth-order valence-corrected chi connectivity index (χ4v) is 3.75. The molecule has 0 saturated carbocycles. The molecule has 0 bridgehead atoms. The van der Waals surface area contributed by atoms with Gasteiger partial charge in [-0.05, 0) is 48.1 Å². The van der Waals surface area contributed by atoms with Gasteiger partial charge in [-0.1, -0.05) is 88.9 Å². The molecule has 0 saturated heterocycles. The lowest BCUT2D eigenvalue weighted by atomic mass is 10.0. The van der Waals surface area contributed by atoms with Crippen molar-refractivity contribution in [1.82, 2.24) is 4.57 Å². The molecule has 2 aromatic carbocycles. The van der Waals surface area contributed by atoms with E-state index in [1.807, 2.05) is 53.1 Å². The number of alkyl halides is 1. The number of aryl methyl sites for hydroxylation is 1. The van der Waals surface area contributed by atoms with Crippen LogP contribution in [0.3, 0.4) is 0 Å². The summed E-state index contributed by atoms with van der Waals surface area (Å²) in [7, 11) is 0. The number of halogens is 2. The van der Waals surface area contributed by atoms with Crippen molar-refractivity contribution in [1.29, 1.82) is 0 Å². The molecule has 0 radical (unpaired) electrons. The third-order valence-corrected chi connectivity index (χ3v) is 5.21. The Bertz CT molecular complexity index is 918. The molecular weight excluding hydrogens is 466 g/mol. The number of aromatic nitrogens is 1. The maximum Gasteiger partial charge on any atom is 0.258 e. The maximum absolute atomic E-state index is 13.1. The first-order chi connectivity index (χ1) is 13.1. The van der Waals surface area contributed by atoms with Gasteiger partial charge in [0.15, 0.2) is 0 Å². The molecule has 0 aliphatic rings. The number of nitrogens with zero attached hydrogens (tertiary/aromatic N) is 1. The van der Waals surface area contributed by atoms with E-state index in [0.29, 0.717) is 0 Å². The fourth-order valence-electron chi connectivity index (χ4n) is 2.95. The lowest BCUT2D eigenvalue weighted by Gasteiger charge is -2.13. The highest BCUT2D eigenvalue weighted by atomic mass is 79.9. The van der Waals surface area contributed by atoms with Crippen molar-refractivity contribution in [3.63, 3.8) is 0 Å². The minimum absolute atomic E-state index is 0.0886. The predicted molar refractivity (Wildman–Crippen MR) is 125 cm³/mol. The van der Waals surface area contributed by atoms with Crippen molar-refractivity contribution >= 4 is 42.8 Å². The molecule has 0 aliphatic carbocycles. The zero-order valence-electron chi connectivity index (χ0n) is 16.1. The smallest absolute Gasteiger partial charge is 0.258 e. The molecular formula is C23H27Br2NO. The van der Waals surface area contributed by atoms with Gasteiger partial charge in [-0.2, -0.15) is 0 Å². The monoisotopic (exact) mass is 491 g/mol. The Hall–Kier alpha value is -1.39. The van der Waals surface area contributed by atoms with Crippen molar-refractivity contribution in [2.24, 2.45) is 0 Å². The van der Waals surface area contributed by atoms with E-state index in [2.05, 4.69) is 51.8 Å². The number of hydrogen-bond donors (Lipinski definition) is 0. The highest BCUT2D eigenvalue weighted by Crippen LogP contribution is 2.24. The third-order valence-electron chi connectivity index (χ3n) is 4.15. The molecule has 4 heteroatoms. The van der Waals surface area contributed by atoms with Crippen LogP contribution in [0.25, 0.3) is 22.0 Å². The summed E-state index contributed by atoms with van der Waals surface area (Å²) in [6, 6.07) is 18.1. The van der Waals surface area contributed by atoms with Crippen LogP contribution in [0.4, 0.5) is 0 Å². The molecule has 3 rings (SSSR count). The van der Waals surface area contributed by atoms with Crippen LogP contribution in [-0.2, 0) is 6.54 Å². The maximum atomic E-state index is 13.1. The predicted octanol–water partition coefficient (Wildman–Crippen LogP) is 7.41. The second-order valence-electron chi connectivity index (χ2n) is 6.54. The molecule has 0 N–H and O–H groups in total. The summed E-state index contributed by atoms with van der Waals surface area (Å²) in [5.74, 6) is 0. The number of unbranched alkanes of at least 4 members (excludes halogenated alkanes) is 2. The number of fused-ring (bicyclic) bond motifs is 1. The van der Waals surface area contributed by atoms with E-state index in [4.69, 9.17) is 0 Å². The SMILES string of the molecule is CCC.O=c1c(-c2cccc(Br)c2)cc2ccccc2n1CCCCCBr. The Balaban J connectivity index is 0.000000817. The molecule has 0 fully saturated rings. The molecule has 27 heavy (non-hydrogen) atoms. The fraction of sp³-hybridized carbons (Fsp3) is 0.348. The minimum atomic E-state index is 0.0886. The van der Waals surface area contributed by atoms with Crippen LogP contribution >= 0.6 is 31.9 Å². The summed E-state index contributed by atoms with van der Waals surface area (Å²) < 4.78 is 2.91. The molecule has 1 aromatic heterocycles. The van der Waals surface area contributed by atoms with Crippen LogP contribution in [0.15, 0.2) is 63.9 Å². The Morgan fingerprint density at radius 2 is 1.67 bits per heavy atom. The van der Waals surface area contributed by atoms with Gasteiger partial charge < -0.3 is 4.57 Å². The molecule has 144 valence electrons. The topological polar surface area (TPSA) is 22.0 Å². The number of rotatable bonds is 6. The summed E-state index contributed by atoms with van der Waals surface area (Å²) in [5, 5.41) is 2.12. The van der Waals surface area contributed by atoms with Crippen molar-refractivity contribution < 1.29 is 0 Å². The number of para-hydroxylation sites is 1. The Kier molecular flexibility index (Phi) is 9.29. The lowest BCUT2D eigenvalue weighted by molar-refractivity contribution is 0.606. The van der Waals surface area contributed by atoms with E-state index < -0.39 is 0 Å². The first-order valence-corrected chi connectivity index (χ1v) is 11.5. The standard InChI is InChI=1S/C20H19Br2NO.C3H8/c21-11-4-1-5-12-23-19-10-3-2-7-16(19)14-18(20(23)24)15-8-6-9-17(22)13-15;1-3-2/h2-3,6-10,13-14H,1,4-5,11-12H2;3H2,1-2H3. The zero-order chi connectivity index (χ0) is 19.6. The van der Waals surface area contributed by atoms with Gasteiger partial charge in [0.1, 0.15) is 0 Å². The molecule has 2 nitrogen and oxygen atoms in total. The molecule has 0 unspecified atom stereocenters. The van der Waals surface area contributed by atoms with Crippen molar-refractivity contribution in [3.8, 4) is 11.1 Å². The van der Waals surface area contributed by atoms with Gasteiger partial charge in [0.25, 0.3) is 5.56 Å². The quantitative estimate of drug-likeness (QED) is 0.259. The first-order valence-electron chi connectivity index (χ1n) is 9.56. The van der Waals surface area contributed by atoms with E-state index in [-0.39, 0.29) is 5.56 Å². The molecule has 0 aliphatic heterocycles. The number of pyridine rings is 1. The molecule has 0 atom stereocenters. The van der Waals surface area contributed by atoms with Crippen LogP contribution < -0.4 is 5.56 Å². The number of benzene rings is 2. The summed E-state index contributed by atoms with van der Waals surface area (Å²) in [4.78, 5) is 13.1. The second kappa shape index (κ2) is 11.5. The Morgan fingerprint density at radius 3 is 2.37 bits per heavy atom. The van der Waals surface area contributed by atoms with E-state index in [1.54, 1.807) is 0 Å². The van der Waals surface area contributed by atoms with Crippen molar-refractivity contribution in [2.75, 3.05) is 5.33 Å². The average Bonchev–Trinajstić information content (AvgIpc) is 2.67. The van der Waals surface area contributed by atoms with Crippen LogP contribution in [0.2, 0.25) is 0 Å². The third kappa shape index (κ3) is 6.05. The summed E-state index contributed by atoms with van der Waals surface area (Å²) >= 11 is 6.96. The number of hydrogen-bond acceptors (Lipinski definition) is 1. The second-order valence-corrected chi connectivity index (χ2v) is 8.25. The minimum Gasteiger partial charge on any atom is -0.308 e. The lowest BCUT2D eigenvalue weighted by Crippen LogP contribution is -2.22. The molecule has 3 aromatic rings. The van der Waals surface area contributed by atoms with Gasteiger partial charge in [0, 0.05) is 21.9 Å². The van der Waals surface area contributed by atoms with Crippen LogP contribution in [0, 0.1) is 0 Å². The van der Waals surface area contributed by atoms with E-state index in [1.165, 1.54) is 6.42 Å². The van der Waals surface area contributed by atoms with Gasteiger partial charge in [-0.3, -0.25) is 4.79 Å². The van der Waals surface area contributed by atoms with Crippen LogP contribution in [0.1, 0.15) is 39.5 Å². The first kappa shape index (κ1) is 21.9. The Morgan fingerprint density at radius 1 is 0.926 bits per heavy atom. The molecule has 0 amide bonds. The summed E-state index contributed by atoms with van der Waals surface area (Å²) in [5.41, 5.74) is 2.82. The van der Waals surface area contributed by atoms with Gasteiger partial charge in [0.05, 0.1) is 5.52 Å². The van der Waals surface area contributed by atoms with Crippen LogP contribution in [-0.4, -0.2) is 9.90 Å². The van der Waals surface area contributed by atoms with Crippen molar-refractivity contribution in [2.45, 2.75) is 46.1 Å². The van der Waals surface area contributed by atoms with E-state index in [9.17, 15) is 4.79 Å². The van der Waals surface area contributed by atoms with Gasteiger partial charge in [-0.15, -0.1) is 0 Å². The van der Waals surface area contributed by atoms with Crippen molar-refractivity contribution in [3.05, 3.63) is 69.4 Å². The highest BCUT2D eigenvalue weighted by Gasteiger charge is 2.11. The van der Waals surface area contributed by atoms with E-state index >= 15 is 0 Å². The zero-order valence-corrected chi connectivity index (χ0v) is 19.2. The summed E-state index contributed by atoms with van der Waals surface area (Å²) in [6.07, 6.45) is 4.52. The van der Waals surface area contributed by atoms with Gasteiger partial charge in [-0.25, -0.2) is 0 Å². The van der Waals surface area contributed by atoms with Crippen LogP contribution in [0.5, 0.6) is 0 Å². The Labute approximate surface area is 178 Å². The largest absolute Gasteiger partial charge is 0.308 e. The molecule has 0 spiro atoms. The van der Waals surface area contributed by atoms with E-state index in [0.717, 1.165) is 57.6 Å². The summed E-state index contributed by atoms with van der Waals surface area (Å²) in [6.45, 7) is 5.01. The van der Waals surface area contributed by atoms with Gasteiger partial charge in [0.2, 0.25) is 0 Å². The highest BCUT2D eigenvalue weighted by molar-refractivity contribution is 9.10. The normalized spacial score (nSPS) is 10.5. The van der Waals surface area contributed by atoms with Gasteiger partial charge >= 0.3 is 0 Å².